The third-order valence-corrected chi connectivity index (χ3v) is 23.3. The summed E-state index contributed by atoms with van der Waals surface area (Å²) < 4.78 is 138. The summed E-state index contributed by atoms with van der Waals surface area (Å²) in [5, 5.41) is 0. The zero-order chi connectivity index (χ0) is 85.3. The Morgan fingerprint density at radius 3 is 0.680 bits per heavy atom. The molecule has 0 heterocycles. The minimum Gasteiger partial charge on any atom is -0.244 e. The minimum absolute atomic E-state index is 0.0764. The van der Waals surface area contributed by atoms with E-state index in [1.807, 2.05) is 27.7 Å². The van der Waals surface area contributed by atoms with E-state index < -0.39 is 52.0 Å². The first-order valence-corrected chi connectivity index (χ1v) is 41.6. The number of hydrogen-bond acceptors (Lipinski definition) is 0. The van der Waals surface area contributed by atoms with Crippen molar-refractivity contribution in [1.29, 1.82) is 0 Å². The topological polar surface area (TPSA) is 0 Å². The van der Waals surface area contributed by atoms with Crippen LogP contribution in [0.25, 0.3) is 0 Å². The summed E-state index contributed by atoms with van der Waals surface area (Å²) in [6.07, 6.45) is 11.6. The lowest BCUT2D eigenvalue weighted by Crippen LogP contribution is -2.39. The minimum atomic E-state index is -4.07. The van der Waals surface area contributed by atoms with Gasteiger partial charge in [0.25, 0.3) is 0 Å². The van der Waals surface area contributed by atoms with Crippen LogP contribution in [-0.2, 0) is 0 Å². The quantitative estimate of drug-likeness (QED) is 0.161. The number of alkyl halides is 11. The maximum atomic E-state index is 13.2. The van der Waals surface area contributed by atoms with Gasteiger partial charge in [0.1, 0.15) is 17.0 Å². The normalized spacial score (nSPS) is 17.5. The lowest BCUT2D eigenvalue weighted by molar-refractivity contribution is -0.233. The van der Waals surface area contributed by atoms with E-state index in [-0.39, 0.29) is 31.1 Å². The molecule has 0 aromatic carbocycles. The van der Waals surface area contributed by atoms with Crippen molar-refractivity contribution in [2.24, 2.45) is 95.1 Å². The molecule has 11 heteroatoms. The molecule has 0 aromatic rings. The Morgan fingerprint density at radius 2 is 0.612 bits per heavy atom. The van der Waals surface area contributed by atoms with Crippen LogP contribution in [0.4, 0.5) is 48.3 Å². The van der Waals surface area contributed by atoms with E-state index in [0.29, 0.717) is 55.2 Å². The van der Waals surface area contributed by atoms with Crippen molar-refractivity contribution in [1.82, 2.24) is 0 Å². The van der Waals surface area contributed by atoms with E-state index in [1.54, 1.807) is 69.2 Å². The highest BCUT2D eigenvalue weighted by Gasteiger charge is 2.51. The highest BCUT2D eigenvalue weighted by atomic mass is 19.4. The molecule has 0 saturated heterocycles. The molecule has 0 spiro atoms. The summed E-state index contributed by atoms with van der Waals surface area (Å²) >= 11 is 0. The molecule has 3 rings (SSSR count). The number of halogens is 11. The van der Waals surface area contributed by atoms with Gasteiger partial charge in [-0.15, -0.1) is 0 Å². The zero-order valence-corrected chi connectivity index (χ0v) is 78.5. The van der Waals surface area contributed by atoms with Crippen LogP contribution in [0.15, 0.2) is 0 Å². The van der Waals surface area contributed by atoms with Gasteiger partial charge in [-0.25, -0.2) is 22.0 Å². The Kier molecular flexibility index (Phi) is 61.4. The second-order valence-corrected chi connectivity index (χ2v) is 42.6. The molecule has 0 nitrogen and oxygen atoms in total. The zero-order valence-electron chi connectivity index (χ0n) is 78.5. The van der Waals surface area contributed by atoms with E-state index in [9.17, 15) is 48.3 Å². The fraction of sp³-hybridized carbons (Fsp3) is 1.00. The van der Waals surface area contributed by atoms with Crippen LogP contribution < -0.4 is 0 Å². The molecule has 1 atom stereocenters. The van der Waals surface area contributed by atoms with Crippen LogP contribution in [0.3, 0.4) is 0 Å². The summed E-state index contributed by atoms with van der Waals surface area (Å²) in [6.45, 7) is 95.0. The Labute approximate surface area is 642 Å². The smallest absolute Gasteiger partial charge is 0.244 e. The SMILES string of the molecule is CC(C)(C)C.CC(C)C(C(C)C)C(C)(C)C(F)F.CC(C)C(C)(C)C.CC1(C)CCC(C)(F)CC1.CC1(F)CCCC1.CC1(F)CCCCC1.CCC(C)(C)C.CCC(C)(CC)C(C)(C)C.CCC(C)(CC)C(F)(F)F.CCC(CC)C(C)(C)C.CCCC(C)(C)C.CC[C@@](C)(C(C)C)C(F)(F)F. The molecule has 0 bridgehead atoms. The standard InChI is InChI=1S/C11H22F2.C10H22.C9H17F.C9H20.C8H15F3.C7H13F3.C7H13F.2C7H16.C6H11F.C6H14.C5H12/c1-7(2)9(8(3)4)11(5,6)10(12)13;1-7-10(6,8-2)9(3,4)5;1-8(2)4-6-9(3,10)7-5-8;1-6-8(7-2)9(3,4)5;1-5-7(4,6(2)3)8(9,10)11;1-4-6(3,5-2)7(8,9)10;1-7(8)5-3-2-4-6-7;1-6(2)7(3,4)5;1-5-6-7(2,3)4;1-6(7)4-2-3-5-6;1-5-6(2,3)4;1-5(2,3)4/h7-10H,1-6H3;7-8H2,1-6H3;4-7H2,1-3H3;8H,6-7H2,1-5H3;6H,5H2,1-4H3;4-5H2,1-3H3;2-6H2,1H3;6H,1-5H3;5-6H2,1-4H3;2-5H2,1H3;5H2,1-4H3;1-4H3/t;;;;7-;;;;;;;/m....0......./s1. The van der Waals surface area contributed by atoms with Crippen molar-refractivity contribution in [3.05, 3.63) is 0 Å². The molecule has 0 aromatic heterocycles. The molecule has 0 amide bonds. The van der Waals surface area contributed by atoms with Crippen LogP contribution in [0.2, 0.25) is 0 Å². The largest absolute Gasteiger partial charge is 0.394 e. The molecule has 0 N–H and O–H groups in total. The second-order valence-electron chi connectivity index (χ2n) is 42.6. The molecule has 0 radical (unpaired) electrons. The van der Waals surface area contributed by atoms with Crippen LogP contribution in [-0.4, -0.2) is 35.8 Å². The van der Waals surface area contributed by atoms with Crippen LogP contribution in [0.1, 0.15) is 466 Å². The van der Waals surface area contributed by atoms with Gasteiger partial charge in [0.05, 0.1) is 10.8 Å². The van der Waals surface area contributed by atoms with Gasteiger partial charge in [-0.1, -0.05) is 368 Å². The maximum absolute atomic E-state index is 13.2. The monoisotopic (exact) mass is 1510 g/mol. The highest BCUT2D eigenvalue weighted by Crippen LogP contribution is 2.48. The Bertz CT molecular complexity index is 1840. The molecule has 3 fully saturated rings. The van der Waals surface area contributed by atoms with Gasteiger partial charge >= 0.3 is 12.4 Å². The summed E-state index contributed by atoms with van der Waals surface area (Å²) in [5.41, 5.74) is -2.39. The summed E-state index contributed by atoms with van der Waals surface area (Å²) in [4.78, 5) is 0. The third kappa shape index (κ3) is 65.6. The van der Waals surface area contributed by atoms with E-state index in [0.717, 1.165) is 88.9 Å². The van der Waals surface area contributed by atoms with Crippen LogP contribution >= 0.6 is 0 Å². The molecule has 0 unspecified atom stereocenters. The molecular weight excluding hydrogens is 1310 g/mol. The van der Waals surface area contributed by atoms with Gasteiger partial charge in [-0.2, -0.15) is 26.3 Å². The Morgan fingerprint density at radius 1 is 0.340 bits per heavy atom. The van der Waals surface area contributed by atoms with Crippen molar-refractivity contribution in [3.8, 4) is 0 Å². The van der Waals surface area contributed by atoms with Crippen molar-refractivity contribution < 1.29 is 48.3 Å². The molecule has 636 valence electrons. The average Bonchev–Trinajstić information content (AvgIpc) is 1.10. The molecule has 3 aliphatic rings. The second kappa shape index (κ2) is 52.5. The first-order valence-electron chi connectivity index (χ1n) is 41.6. The molecule has 3 aliphatic carbocycles. The first kappa shape index (κ1) is 121. The lowest BCUT2D eigenvalue weighted by atomic mass is 9.65. The summed E-state index contributed by atoms with van der Waals surface area (Å²) in [5.74, 6) is 2.04. The predicted molar refractivity (Wildman–Crippen MR) is 445 cm³/mol. The van der Waals surface area contributed by atoms with E-state index in [1.165, 1.54) is 65.2 Å². The van der Waals surface area contributed by atoms with Gasteiger partial charge < -0.3 is 0 Å². The van der Waals surface area contributed by atoms with Gasteiger partial charge in [0, 0.05) is 5.41 Å². The van der Waals surface area contributed by atoms with E-state index >= 15 is 0 Å². The molecule has 103 heavy (non-hydrogen) atoms. The fourth-order valence-corrected chi connectivity index (χ4v) is 11.6. The Balaban J connectivity index is -0.000000135. The highest BCUT2D eigenvalue weighted by molar-refractivity contribution is 4.88. The predicted octanol–water partition coefficient (Wildman–Crippen LogP) is 36.8. The maximum Gasteiger partial charge on any atom is 0.394 e. The number of rotatable bonds is 13. The molecule has 3 saturated carbocycles. The molecular formula is C92H191F11. The van der Waals surface area contributed by atoms with Gasteiger partial charge in [-0.3, -0.25) is 0 Å². The first-order chi connectivity index (χ1) is 45.1. The fourth-order valence-electron chi connectivity index (χ4n) is 11.6. The number of hydrogen-bond donors (Lipinski definition) is 0. The summed E-state index contributed by atoms with van der Waals surface area (Å²) in [6, 6.07) is 0. The lowest BCUT2D eigenvalue weighted by Gasteiger charge is -2.40. The van der Waals surface area contributed by atoms with Crippen LogP contribution in [0.5, 0.6) is 0 Å². The Hall–Kier alpha value is -0.770. The van der Waals surface area contributed by atoms with Crippen molar-refractivity contribution in [2.75, 3.05) is 0 Å². The van der Waals surface area contributed by atoms with Crippen molar-refractivity contribution in [2.45, 2.75) is 502 Å². The van der Waals surface area contributed by atoms with Gasteiger partial charge in [0.15, 0.2) is 0 Å². The van der Waals surface area contributed by atoms with E-state index in [2.05, 4.69) is 208 Å². The third-order valence-electron chi connectivity index (χ3n) is 23.3. The van der Waals surface area contributed by atoms with Crippen molar-refractivity contribution in [3.63, 3.8) is 0 Å². The summed E-state index contributed by atoms with van der Waals surface area (Å²) in [7, 11) is 0. The average molecular weight is 1510 g/mol. The van der Waals surface area contributed by atoms with E-state index in [4.69, 9.17) is 0 Å². The van der Waals surface area contributed by atoms with Crippen molar-refractivity contribution >= 4 is 0 Å². The van der Waals surface area contributed by atoms with Gasteiger partial charge in [-0.05, 0) is 177 Å². The van der Waals surface area contributed by atoms with Gasteiger partial charge in [0.2, 0.25) is 6.43 Å². The molecule has 0 aliphatic heterocycles. The van der Waals surface area contributed by atoms with Crippen LogP contribution in [0, 0.1) is 95.1 Å².